The number of allylic oxidation sites excluding steroid dienone is 1. The summed E-state index contributed by atoms with van der Waals surface area (Å²) in [4.78, 5) is 13.4. The molecular formula is C13H15NO2. The van der Waals surface area contributed by atoms with E-state index >= 15 is 0 Å². The molecule has 0 aromatic heterocycles. The van der Waals surface area contributed by atoms with Crippen LogP contribution in [0.3, 0.4) is 0 Å². The zero-order valence-electron chi connectivity index (χ0n) is 9.10. The molecule has 2 rings (SSSR count). The molecule has 1 unspecified atom stereocenters. The highest BCUT2D eigenvalue weighted by Crippen LogP contribution is 2.31. The molecular weight excluding hydrogens is 202 g/mol. The van der Waals surface area contributed by atoms with Gasteiger partial charge in [-0.05, 0) is 18.9 Å². The summed E-state index contributed by atoms with van der Waals surface area (Å²) < 4.78 is 0. The van der Waals surface area contributed by atoms with Gasteiger partial charge in [-0.2, -0.15) is 0 Å². The Bertz CT molecular complexity index is 414. The molecule has 1 heterocycles. The molecule has 1 amide bonds. The van der Waals surface area contributed by atoms with Crippen LogP contribution in [0.5, 0.6) is 0 Å². The Hall–Kier alpha value is -1.61. The van der Waals surface area contributed by atoms with E-state index in [1.165, 1.54) is 4.90 Å². The van der Waals surface area contributed by atoms with Gasteiger partial charge in [0, 0.05) is 17.7 Å². The van der Waals surface area contributed by atoms with Crippen LogP contribution in [0.15, 0.2) is 36.9 Å². The van der Waals surface area contributed by atoms with Crippen molar-refractivity contribution in [2.45, 2.75) is 19.1 Å². The van der Waals surface area contributed by atoms with Gasteiger partial charge in [-0.15, -0.1) is 6.58 Å². The van der Waals surface area contributed by atoms with E-state index in [9.17, 15) is 9.90 Å². The average Bonchev–Trinajstić information content (AvgIpc) is 2.55. The fraction of sp³-hybridized carbons (Fsp3) is 0.308. The van der Waals surface area contributed by atoms with E-state index in [1.807, 2.05) is 18.2 Å². The highest BCUT2D eigenvalue weighted by molar-refractivity contribution is 5.98. The largest absolute Gasteiger partial charge is 0.369 e. The second-order valence-electron chi connectivity index (χ2n) is 3.89. The number of aliphatic hydroxyl groups is 1. The first-order valence-electron chi connectivity index (χ1n) is 5.44. The lowest BCUT2D eigenvalue weighted by Crippen LogP contribution is -2.28. The van der Waals surface area contributed by atoms with E-state index in [0.717, 1.165) is 12.8 Å². The van der Waals surface area contributed by atoms with Gasteiger partial charge in [0.25, 0.3) is 5.91 Å². The molecule has 16 heavy (non-hydrogen) atoms. The topological polar surface area (TPSA) is 40.5 Å². The number of hydrogen-bond acceptors (Lipinski definition) is 2. The Labute approximate surface area is 95.0 Å². The van der Waals surface area contributed by atoms with Gasteiger partial charge in [0.15, 0.2) is 6.23 Å². The fourth-order valence-electron chi connectivity index (χ4n) is 1.98. The first kappa shape index (κ1) is 10.9. The lowest BCUT2D eigenvalue weighted by Gasteiger charge is -2.20. The molecule has 0 bridgehead atoms. The molecule has 0 fully saturated rings. The molecule has 1 aromatic carbocycles. The molecule has 1 aliphatic rings. The number of hydrogen-bond donors (Lipinski definition) is 1. The molecule has 1 N–H and O–H groups in total. The third-order valence-electron chi connectivity index (χ3n) is 2.83. The van der Waals surface area contributed by atoms with Crippen LogP contribution in [-0.2, 0) is 0 Å². The summed E-state index contributed by atoms with van der Waals surface area (Å²) in [6.45, 7) is 4.21. The van der Waals surface area contributed by atoms with Crippen LogP contribution in [0.25, 0.3) is 0 Å². The van der Waals surface area contributed by atoms with Crippen molar-refractivity contribution >= 4 is 5.91 Å². The molecule has 0 saturated heterocycles. The minimum absolute atomic E-state index is 0.0767. The Morgan fingerprint density at radius 2 is 2.19 bits per heavy atom. The van der Waals surface area contributed by atoms with Gasteiger partial charge in [-0.1, -0.05) is 24.3 Å². The second-order valence-corrected chi connectivity index (χ2v) is 3.89. The Balaban J connectivity index is 2.15. The molecule has 1 aliphatic heterocycles. The summed E-state index contributed by atoms with van der Waals surface area (Å²) in [5, 5.41) is 9.99. The predicted molar refractivity (Wildman–Crippen MR) is 61.9 cm³/mol. The van der Waals surface area contributed by atoms with E-state index in [4.69, 9.17) is 0 Å². The fourth-order valence-corrected chi connectivity index (χ4v) is 1.98. The SMILES string of the molecule is C=CCCCN1C(=O)c2ccccc2C1O. The zero-order valence-corrected chi connectivity index (χ0v) is 9.10. The van der Waals surface area contributed by atoms with Gasteiger partial charge >= 0.3 is 0 Å². The molecule has 0 saturated carbocycles. The van der Waals surface area contributed by atoms with Gasteiger partial charge in [0.1, 0.15) is 0 Å². The Morgan fingerprint density at radius 3 is 2.88 bits per heavy atom. The maximum Gasteiger partial charge on any atom is 0.256 e. The lowest BCUT2D eigenvalue weighted by atomic mass is 10.1. The molecule has 3 nitrogen and oxygen atoms in total. The van der Waals surface area contributed by atoms with E-state index < -0.39 is 6.23 Å². The first-order chi connectivity index (χ1) is 7.75. The van der Waals surface area contributed by atoms with Crippen molar-refractivity contribution in [3.63, 3.8) is 0 Å². The van der Waals surface area contributed by atoms with Gasteiger partial charge in [-0.25, -0.2) is 0 Å². The van der Waals surface area contributed by atoms with Crippen molar-refractivity contribution in [3.8, 4) is 0 Å². The van der Waals surface area contributed by atoms with Crippen LogP contribution in [0.4, 0.5) is 0 Å². The molecule has 1 aromatic rings. The van der Waals surface area contributed by atoms with Crippen LogP contribution >= 0.6 is 0 Å². The smallest absolute Gasteiger partial charge is 0.256 e. The highest BCUT2D eigenvalue weighted by atomic mass is 16.3. The minimum atomic E-state index is -0.784. The lowest BCUT2D eigenvalue weighted by molar-refractivity contribution is 0.0173. The van der Waals surface area contributed by atoms with Crippen molar-refractivity contribution in [1.82, 2.24) is 4.90 Å². The molecule has 0 radical (unpaired) electrons. The van der Waals surface area contributed by atoms with Crippen LogP contribution < -0.4 is 0 Å². The number of unbranched alkanes of at least 4 members (excludes halogenated alkanes) is 1. The van der Waals surface area contributed by atoms with Gasteiger partial charge in [-0.3, -0.25) is 4.79 Å². The average molecular weight is 217 g/mol. The van der Waals surface area contributed by atoms with Crippen molar-refractivity contribution in [2.75, 3.05) is 6.54 Å². The van der Waals surface area contributed by atoms with E-state index in [1.54, 1.807) is 12.1 Å². The number of rotatable bonds is 4. The number of benzene rings is 1. The molecule has 0 spiro atoms. The summed E-state index contributed by atoms with van der Waals surface area (Å²) in [5.41, 5.74) is 1.33. The number of nitrogens with zero attached hydrogens (tertiary/aromatic N) is 1. The number of fused-ring (bicyclic) bond motifs is 1. The highest BCUT2D eigenvalue weighted by Gasteiger charge is 2.34. The van der Waals surface area contributed by atoms with Crippen LogP contribution in [-0.4, -0.2) is 22.5 Å². The van der Waals surface area contributed by atoms with E-state index in [2.05, 4.69) is 6.58 Å². The monoisotopic (exact) mass is 217 g/mol. The first-order valence-corrected chi connectivity index (χ1v) is 5.44. The van der Waals surface area contributed by atoms with E-state index in [-0.39, 0.29) is 5.91 Å². The molecule has 3 heteroatoms. The quantitative estimate of drug-likeness (QED) is 0.619. The standard InChI is InChI=1S/C13H15NO2/c1-2-3-6-9-14-12(15)10-7-4-5-8-11(10)13(14)16/h2,4-5,7-8,12,15H,1,3,6,9H2. The third kappa shape index (κ3) is 1.74. The Morgan fingerprint density at radius 1 is 1.44 bits per heavy atom. The summed E-state index contributed by atoms with van der Waals surface area (Å²) in [6.07, 6.45) is 2.72. The summed E-state index contributed by atoms with van der Waals surface area (Å²) in [6, 6.07) is 7.21. The second kappa shape index (κ2) is 4.49. The minimum Gasteiger partial charge on any atom is -0.369 e. The summed E-state index contributed by atoms with van der Waals surface area (Å²) >= 11 is 0. The van der Waals surface area contributed by atoms with Gasteiger partial charge < -0.3 is 10.0 Å². The Kier molecular flexibility index (Phi) is 3.06. The van der Waals surface area contributed by atoms with Crippen LogP contribution in [0, 0.1) is 0 Å². The van der Waals surface area contributed by atoms with Crippen molar-refractivity contribution in [1.29, 1.82) is 0 Å². The summed E-state index contributed by atoms with van der Waals surface area (Å²) in [5.74, 6) is -0.0767. The predicted octanol–water partition coefficient (Wildman–Crippen LogP) is 2.10. The number of amides is 1. The number of aliphatic hydroxyl groups excluding tert-OH is 1. The van der Waals surface area contributed by atoms with Crippen molar-refractivity contribution < 1.29 is 9.90 Å². The summed E-state index contributed by atoms with van der Waals surface area (Å²) in [7, 11) is 0. The molecule has 0 aliphatic carbocycles. The number of carbonyl (C=O) groups is 1. The van der Waals surface area contributed by atoms with Crippen molar-refractivity contribution in [2.24, 2.45) is 0 Å². The number of carbonyl (C=O) groups excluding carboxylic acids is 1. The zero-order chi connectivity index (χ0) is 11.5. The maximum atomic E-state index is 11.9. The normalized spacial score (nSPS) is 18.7. The molecule has 1 atom stereocenters. The molecule has 84 valence electrons. The van der Waals surface area contributed by atoms with Crippen LogP contribution in [0.2, 0.25) is 0 Å². The van der Waals surface area contributed by atoms with Crippen LogP contribution in [0.1, 0.15) is 35.0 Å². The maximum absolute atomic E-state index is 11.9. The van der Waals surface area contributed by atoms with E-state index in [0.29, 0.717) is 17.7 Å². The van der Waals surface area contributed by atoms with Gasteiger partial charge in [0.2, 0.25) is 0 Å². The van der Waals surface area contributed by atoms with Gasteiger partial charge in [0.05, 0.1) is 0 Å². The third-order valence-corrected chi connectivity index (χ3v) is 2.83. The van der Waals surface area contributed by atoms with Crippen molar-refractivity contribution in [3.05, 3.63) is 48.0 Å².